The highest BCUT2D eigenvalue weighted by molar-refractivity contribution is 7.99. The van der Waals surface area contributed by atoms with Crippen molar-refractivity contribution in [3.05, 3.63) is 29.8 Å². The Hall–Kier alpha value is -0.560. The molecule has 0 amide bonds. The van der Waals surface area contributed by atoms with E-state index in [4.69, 9.17) is 0 Å². The molecule has 0 aromatic heterocycles. The number of hydrogen-bond donors (Lipinski definition) is 2. The Morgan fingerprint density at radius 1 is 1.33 bits per heavy atom. The maximum atomic E-state index is 12.2. The Labute approximate surface area is 114 Å². The van der Waals surface area contributed by atoms with E-state index in [9.17, 15) is 8.42 Å². The molecule has 0 aliphatic heterocycles. The second kappa shape index (κ2) is 7.13. The lowest BCUT2D eigenvalue weighted by molar-refractivity contribution is 0.579. The van der Waals surface area contributed by atoms with E-state index in [-0.39, 0.29) is 5.25 Å². The summed E-state index contributed by atoms with van der Waals surface area (Å²) in [4.78, 5) is 0.354. The summed E-state index contributed by atoms with van der Waals surface area (Å²) in [6.07, 6.45) is 1.97. The van der Waals surface area contributed by atoms with Crippen LogP contribution in [0.5, 0.6) is 0 Å². The lowest BCUT2D eigenvalue weighted by Gasteiger charge is -2.13. The van der Waals surface area contributed by atoms with E-state index in [2.05, 4.69) is 10.0 Å². The average Bonchev–Trinajstić information content (AvgIpc) is 2.37. The first kappa shape index (κ1) is 15.5. The van der Waals surface area contributed by atoms with Gasteiger partial charge in [-0.2, -0.15) is 11.8 Å². The second-order valence-corrected chi connectivity index (χ2v) is 7.05. The molecule has 0 fully saturated rings. The first-order valence-electron chi connectivity index (χ1n) is 5.76. The Balaban J connectivity index is 2.90. The fraction of sp³-hybridized carbons (Fsp3) is 0.500. The first-order valence-corrected chi connectivity index (χ1v) is 8.53. The van der Waals surface area contributed by atoms with E-state index in [1.807, 2.05) is 25.3 Å². The molecule has 1 aromatic carbocycles. The van der Waals surface area contributed by atoms with Crippen molar-refractivity contribution < 1.29 is 8.42 Å². The lowest BCUT2D eigenvalue weighted by atomic mass is 10.2. The summed E-state index contributed by atoms with van der Waals surface area (Å²) in [5.74, 6) is 0. The van der Waals surface area contributed by atoms with Crippen LogP contribution in [0.4, 0.5) is 0 Å². The van der Waals surface area contributed by atoms with Crippen LogP contribution in [-0.4, -0.2) is 33.5 Å². The predicted octanol–water partition coefficient (Wildman–Crippen LogP) is 1.44. The van der Waals surface area contributed by atoms with E-state index in [1.54, 1.807) is 30.9 Å². The van der Waals surface area contributed by atoms with Crippen LogP contribution in [0.25, 0.3) is 0 Å². The summed E-state index contributed by atoms with van der Waals surface area (Å²) in [5, 5.41) is 3.24. The summed E-state index contributed by atoms with van der Waals surface area (Å²) >= 11 is 1.64. The van der Waals surface area contributed by atoms with Crippen molar-refractivity contribution in [2.24, 2.45) is 0 Å². The maximum Gasteiger partial charge on any atom is 0.240 e. The van der Waals surface area contributed by atoms with Gasteiger partial charge in [0.15, 0.2) is 0 Å². The van der Waals surface area contributed by atoms with Crippen molar-refractivity contribution in [3.8, 4) is 0 Å². The summed E-state index contributed by atoms with van der Waals surface area (Å²) in [6.45, 7) is 2.97. The van der Waals surface area contributed by atoms with Gasteiger partial charge in [-0.15, -0.1) is 0 Å². The number of nitrogens with one attached hydrogen (secondary N) is 2. The third-order valence-corrected chi connectivity index (χ3v) is 5.09. The third kappa shape index (κ3) is 4.28. The maximum absolute atomic E-state index is 12.2. The molecule has 0 saturated heterocycles. The number of rotatable bonds is 7. The summed E-state index contributed by atoms with van der Waals surface area (Å²) in [5.41, 5.74) is 0.782. The minimum absolute atomic E-state index is 0.260. The van der Waals surface area contributed by atoms with Gasteiger partial charge >= 0.3 is 0 Å². The van der Waals surface area contributed by atoms with Crippen molar-refractivity contribution in [1.29, 1.82) is 0 Å². The smallest absolute Gasteiger partial charge is 0.240 e. The summed E-state index contributed by atoms with van der Waals surface area (Å²) < 4.78 is 27.0. The molecule has 0 aliphatic carbocycles. The minimum Gasteiger partial charge on any atom is -0.316 e. The van der Waals surface area contributed by atoms with E-state index in [1.165, 1.54) is 0 Å². The van der Waals surface area contributed by atoms with Crippen LogP contribution < -0.4 is 10.0 Å². The van der Waals surface area contributed by atoms with Gasteiger partial charge in [0, 0.05) is 18.3 Å². The Morgan fingerprint density at radius 3 is 2.61 bits per heavy atom. The molecule has 1 unspecified atom stereocenters. The Kier molecular flexibility index (Phi) is 6.14. The van der Waals surface area contributed by atoms with Crippen LogP contribution in [0.15, 0.2) is 29.2 Å². The van der Waals surface area contributed by atoms with Crippen LogP contribution in [0, 0.1) is 0 Å². The van der Waals surface area contributed by atoms with E-state index in [0.717, 1.165) is 5.56 Å². The van der Waals surface area contributed by atoms with Gasteiger partial charge in [0.1, 0.15) is 0 Å². The third-order valence-electron chi connectivity index (χ3n) is 2.59. The van der Waals surface area contributed by atoms with Crippen LogP contribution in [0.1, 0.15) is 12.5 Å². The molecule has 0 radical (unpaired) electrons. The fourth-order valence-corrected chi connectivity index (χ4v) is 3.21. The molecule has 4 nitrogen and oxygen atoms in total. The Bertz CT molecular complexity index is 475. The molecule has 0 spiro atoms. The highest BCUT2D eigenvalue weighted by atomic mass is 32.2. The molecule has 0 aliphatic rings. The zero-order valence-electron chi connectivity index (χ0n) is 10.9. The lowest BCUT2D eigenvalue weighted by Crippen LogP contribution is -2.30. The number of sulfonamides is 1. The van der Waals surface area contributed by atoms with Gasteiger partial charge in [0.05, 0.1) is 4.90 Å². The van der Waals surface area contributed by atoms with E-state index >= 15 is 0 Å². The van der Waals surface area contributed by atoms with Gasteiger partial charge in [-0.05, 0) is 24.9 Å². The molecule has 18 heavy (non-hydrogen) atoms. The standard InChI is InChI=1S/C12H20N2O2S2/c1-10(17-3)8-14-18(15,16)12-7-5-4-6-11(12)9-13-2/h4-7,10,13-14H,8-9H2,1-3H3. The Morgan fingerprint density at radius 2 is 2.00 bits per heavy atom. The molecule has 2 N–H and O–H groups in total. The molecule has 102 valence electrons. The molecule has 0 saturated carbocycles. The minimum atomic E-state index is -3.42. The second-order valence-electron chi connectivity index (χ2n) is 4.04. The highest BCUT2D eigenvalue weighted by Gasteiger charge is 2.18. The van der Waals surface area contributed by atoms with Gasteiger partial charge in [-0.1, -0.05) is 25.1 Å². The quantitative estimate of drug-likeness (QED) is 0.797. The topological polar surface area (TPSA) is 58.2 Å². The van der Waals surface area contributed by atoms with Crippen molar-refractivity contribution in [3.63, 3.8) is 0 Å². The molecule has 1 aromatic rings. The monoisotopic (exact) mass is 288 g/mol. The number of thioether (sulfide) groups is 1. The molecule has 1 rings (SSSR count). The van der Waals surface area contributed by atoms with Crippen molar-refractivity contribution in [2.75, 3.05) is 19.8 Å². The molecule has 0 bridgehead atoms. The van der Waals surface area contributed by atoms with Crippen LogP contribution in [-0.2, 0) is 16.6 Å². The normalized spacial score (nSPS) is 13.5. The van der Waals surface area contributed by atoms with Gasteiger partial charge in [-0.3, -0.25) is 0 Å². The van der Waals surface area contributed by atoms with Crippen molar-refractivity contribution in [2.45, 2.75) is 23.6 Å². The summed E-state index contributed by atoms with van der Waals surface area (Å²) in [7, 11) is -1.62. The molecular weight excluding hydrogens is 268 g/mol. The number of benzene rings is 1. The largest absolute Gasteiger partial charge is 0.316 e. The average molecular weight is 288 g/mol. The van der Waals surface area contributed by atoms with Gasteiger partial charge in [-0.25, -0.2) is 13.1 Å². The zero-order chi connectivity index (χ0) is 13.6. The predicted molar refractivity (Wildman–Crippen MR) is 77.4 cm³/mol. The van der Waals surface area contributed by atoms with Gasteiger partial charge < -0.3 is 5.32 Å². The zero-order valence-corrected chi connectivity index (χ0v) is 12.6. The van der Waals surface area contributed by atoms with E-state index < -0.39 is 10.0 Å². The first-order chi connectivity index (χ1) is 8.51. The summed E-state index contributed by atoms with van der Waals surface area (Å²) in [6, 6.07) is 7.05. The van der Waals surface area contributed by atoms with E-state index in [0.29, 0.717) is 18.0 Å². The van der Waals surface area contributed by atoms with Crippen LogP contribution in [0.2, 0.25) is 0 Å². The van der Waals surface area contributed by atoms with Crippen LogP contribution >= 0.6 is 11.8 Å². The highest BCUT2D eigenvalue weighted by Crippen LogP contribution is 2.15. The molecule has 1 atom stereocenters. The fourth-order valence-electron chi connectivity index (χ4n) is 1.49. The van der Waals surface area contributed by atoms with Gasteiger partial charge in [0.2, 0.25) is 10.0 Å². The SMILES string of the molecule is CNCc1ccccc1S(=O)(=O)NCC(C)SC. The van der Waals surface area contributed by atoms with Gasteiger partial charge in [0.25, 0.3) is 0 Å². The van der Waals surface area contributed by atoms with Crippen LogP contribution in [0.3, 0.4) is 0 Å². The molecule has 0 heterocycles. The number of hydrogen-bond acceptors (Lipinski definition) is 4. The molecule has 6 heteroatoms. The molecular formula is C12H20N2O2S2. The van der Waals surface area contributed by atoms with Crippen molar-refractivity contribution >= 4 is 21.8 Å². The van der Waals surface area contributed by atoms with Crippen molar-refractivity contribution in [1.82, 2.24) is 10.0 Å².